The number of aromatic nitrogens is 2. The van der Waals surface area contributed by atoms with Gasteiger partial charge in [-0.3, -0.25) is 9.48 Å². The number of halogens is 3. The molecule has 9 heteroatoms. The lowest BCUT2D eigenvalue weighted by atomic mass is 10.3. The fourth-order valence-electron chi connectivity index (χ4n) is 2.20. The molecule has 0 aliphatic rings. The molecule has 3 aromatic rings. The largest absolute Gasteiger partial charge is 0.484 e. The van der Waals surface area contributed by atoms with Gasteiger partial charge in [0.15, 0.2) is 5.76 Å². The minimum atomic E-state index is -0.352. The third-order valence-corrected chi connectivity index (χ3v) is 4.68. The molecular weight excluding hydrogens is 445 g/mol. The van der Waals surface area contributed by atoms with Crippen molar-refractivity contribution in [1.29, 1.82) is 0 Å². The van der Waals surface area contributed by atoms with E-state index in [9.17, 15) is 4.79 Å². The molecule has 0 aliphatic heterocycles. The van der Waals surface area contributed by atoms with E-state index in [0.29, 0.717) is 27.2 Å². The van der Waals surface area contributed by atoms with E-state index in [1.54, 1.807) is 36.0 Å². The van der Waals surface area contributed by atoms with E-state index in [-0.39, 0.29) is 24.8 Å². The number of carbonyl (C=O) groups is 1. The number of rotatable bonds is 6. The summed E-state index contributed by atoms with van der Waals surface area (Å²) >= 11 is 15.4. The van der Waals surface area contributed by atoms with Gasteiger partial charge in [-0.2, -0.15) is 5.10 Å². The summed E-state index contributed by atoms with van der Waals surface area (Å²) in [6.45, 7) is 0.400. The molecule has 0 saturated carbocycles. The van der Waals surface area contributed by atoms with E-state index in [1.807, 2.05) is 6.07 Å². The lowest BCUT2D eigenvalue weighted by molar-refractivity contribution is 0.0918. The molecule has 0 saturated heterocycles. The van der Waals surface area contributed by atoms with Crippen LogP contribution in [0.15, 0.2) is 45.4 Å². The molecule has 0 bridgehead atoms. The van der Waals surface area contributed by atoms with Crippen LogP contribution in [0, 0.1) is 0 Å². The van der Waals surface area contributed by atoms with E-state index < -0.39 is 0 Å². The van der Waals surface area contributed by atoms with Gasteiger partial charge >= 0.3 is 0 Å². The van der Waals surface area contributed by atoms with Crippen molar-refractivity contribution in [3.05, 3.63) is 68.3 Å². The monoisotopic (exact) mass is 457 g/mol. The molecular formula is C17H14BrCl2N3O3. The second-order valence-corrected chi connectivity index (χ2v) is 7.10. The van der Waals surface area contributed by atoms with E-state index >= 15 is 0 Å². The Labute approximate surface area is 168 Å². The normalized spacial score (nSPS) is 10.8. The van der Waals surface area contributed by atoms with Crippen molar-refractivity contribution in [3.8, 4) is 5.75 Å². The molecule has 6 nitrogen and oxygen atoms in total. The summed E-state index contributed by atoms with van der Waals surface area (Å²) in [6.07, 6.45) is 1.53. The molecule has 26 heavy (non-hydrogen) atoms. The molecule has 3 rings (SSSR count). The second kappa shape index (κ2) is 8.16. The maximum absolute atomic E-state index is 12.2. The number of carbonyl (C=O) groups excluding carboxylic acids is 1. The molecule has 0 aliphatic carbocycles. The summed E-state index contributed by atoms with van der Waals surface area (Å²) in [5.41, 5.74) is 0.708. The molecule has 2 heterocycles. The minimum Gasteiger partial charge on any atom is -0.484 e. The summed E-state index contributed by atoms with van der Waals surface area (Å²) in [7, 11) is 1.75. The number of ether oxygens (including phenoxy) is 1. The van der Waals surface area contributed by atoms with Gasteiger partial charge in [0.25, 0.3) is 5.91 Å². The highest BCUT2D eigenvalue weighted by atomic mass is 79.9. The zero-order valence-electron chi connectivity index (χ0n) is 13.6. The summed E-state index contributed by atoms with van der Waals surface area (Å²) in [4.78, 5) is 12.2. The maximum Gasteiger partial charge on any atom is 0.287 e. The first-order chi connectivity index (χ1) is 12.4. The van der Waals surface area contributed by atoms with Gasteiger partial charge in [-0.1, -0.05) is 39.1 Å². The van der Waals surface area contributed by atoms with Crippen molar-refractivity contribution in [2.24, 2.45) is 7.05 Å². The fourth-order valence-corrected chi connectivity index (χ4v) is 3.17. The van der Waals surface area contributed by atoms with Crippen molar-refractivity contribution < 1.29 is 13.9 Å². The molecule has 136 valence electrons. The Hall–Kier alpha value is -1.96. The SMILES string of the molecule is Cn1ncc(Cl)c1CNC(=O)c1ccc(COc2ccc(Br)cc2Cl)o1. The number of aryl methyl sites for hydroxylation is 1. The summed E-state index contributed by atoms with van der Waals surface area (Å²) < 4.78 is 13.6. The van der Waals surface area contributed by atoms with Crippen LogP contribution >= 0.6 is 39.1 Å². The first kappa shape index (κ1) is 18.8. The zero-order chi connectivity index (χ0) is 18.7. The van der Waals surface area contributed by atoms with Crippen LogP contribution in [0.2, 0.25) is 10.0 Å². The Morgan fingerprint density at radius 1 is 1.31 bits per heavy atom. The van der Waals surface area contributed by atoms with Gasteiger partial charge in [0.05, 0.1) is 28.5 Å². The van der Waals surface area contributed by atoms with Gasteiger partial charge in [-0.25, -0.2) is 0 Å². The van der Waals surface area contributed by atoms with Crippen LogP contribution < -0.4 is 10.1 Å². The van der Waals surface area contributed by atoms with Crippen LogP contribution in [0.5, 0.6) is 5.75 Å². The Morgan fingerprint density at radius 2 is 2.12 bits per heavy atom. The number of nitrogens with zero attached hydrogens (tertiary/aromatic N) is 2. The lowest BCUT2D eigenvalue weighted by Gasteiger charge is -2.07. The highest BCUT2D eigenvalue weighted by Gasteiger charge is 2.14. The van der Waals surface area contributed by atoms with E-state index in [2.05, 4.69) is 26.3 Å². The van der Waals surface area contributed by atoms with Gasteiger partial charge < -0.3 is 14.5 Å². The van der Waals surface area contributed by atoms with Crippen LogP contribution in [0.3, 0.4) is 0 Å². The van der Waals surface area contributed by atoms with Gasteiger partial charge in [-0.05, 0) is 30.3 Å². The Bertz CT molecular complexity index is 920. The van der Waals surface area contributed by atoms with Crippen LogP contribution in [0.4, 0.5) is 0 Å². The molecule has 2 aromatic heterocycles. The Kier molecular flexibility index (Phi) is 5.90. The highest BCUT2D eigenvalue weighted by Crippen LogP contribution is 2.28. The van der Waals surface area contributed by atoms with Crippen LogP contribution in [0.25, 0.3) is 0 Å². The minimum absolute atomic E-state index is 0.155. The molecule has 1 N–H and O–H groups in total. The zero-order valence-corrected chi connectivity index (χ0v) is 16.7. The predicted molar refractivity (Wildman–Crippen MR) is 102 cm³/mol. The number of amides is 1. The number of furan rings is 1. The predicted octanol–water partition coefficient (Wildman–Crippen LogP) is 4.59. The average Bonchev–Trinajstić information content (AvgIpc) is 3.19. The van der Waals surface area contributed by atoms with Gasteiger partial charge in [-0.15, -0.1) is 0 Å². The highest BCUT2D eigenvalue weighted by molar-refractivity contribution is 9.10. The maximum atomic E-state index is 12.2. The molecule has 0 radical (unpaired) electrons. The fraction of sp³-hybridized carbons (Fsp3) is 0.176. The van der Waals surface area contributed by atoms with E-state index in [1.165, 1.54) is 6.20 Å². The number of nitrogens with one attached hydrogen (secondary N) is 1. The summed E-state index contributed by atoms with van der Waals surface area (Å²) in [5, 5.41) is 7.73. The van der Waals surface area contributed by atoms with Gasteiger partial charge in [0.1, 0.15) is 18.1 Å². The molecule has 0 atom stereocenters. The third kappa shape index (κ3) is 4.41. The van der Waals surface area contributed by atoms with Gasteiger partial charge in [0, 0.05) is 11.5 Å². The molecule has 0 fully saturated rings. The summed E-state index contributed by atoms with van der Waals surface area (Å²) in [5.74, 6) is 0.870. The summed E-state index contributed by atoms with van der Waals surface area (Å²) in [6, 6.07) is 8.58. The number of hydrogen-bond acceptors (Lipinski definition) is 4. The van der Waals surface area contributed by atoms with Crippen molar-refractivity contribution in [3.63, 3.8) is 0 Å². The average molecular weight is 459 g/mol. The first-order valence-electron chi connectivity index (χ1n) is 7.55. The first-order valence-corrected chi connectivity index (χ1v) is 9.10. The smallest absolute Gasteiger partial charge is 0.287 e. The quantitative estimate of drug-likeness (QED) is 0.586. The van der Waals surface area contributed by atoms with Gasteiger partial charge in [0.2, 0.25) is 0 Å². The lowest BCUT2D eigenvalue weighted by Crippen LogP contribution is -2.23. The topological polar surface area (TPSA) is 69.3 Å². The number of benzene rings is 1. The second-order valence-electron chi connectivity index (χ2n) is 5.37. The standard InChI is InChI=1S/C17H14BrCl2N3O3/c1-23-14(13(20)7-22-23)8-21-17(24)16-5-3-11(26-16)9-25-15-4-2-10(18)6-12(15)19/h2-7H,8-9H2,1H3,(H,21,24). The Morgan fingerprint density at radius 3 is 2.81 bits per heavy atom. The third-order valence-electron chi connectivity index (χ3n) is 3.58. The molecule has 1 aromatic carbocycles. The van der Waals surface area contributed by atoms with Crippen LogP contribution in [-0.2, 0) is 20.2 Å². The van der Waals surface area contributed by atoms with Crippen molar-refractivity contribution in [2.75, 3.05) is 0 Å². The van der Waals surface area contributed by atoms with Crippen molar-refractivity contribution in [1.82, 2.24) is 15.1 Å². The van der Waals surface area contributed by atoms with Crippen LogP contribution in [0.1, 0.15) is 22.0 Å². The van der Waals surface area contributed by atoms with Crippen molar-refractivity contribution >= 4 is 45.0 Å². The molecule has 1 amide bonds. The van der Waals surface area contributed by atoms with Crippen LogP contribution in [-0.4, -0.2) is 15.7 Å². The van der Waals surface area contributed by atoms with E-state index in [4.69, 9.17) is 32.4 Å². The Balaban J connectivity index is 1.57. The van der Waals surface area contributed by atoms with E-state index in [0.717, 1.165) is 4.47 Å². The number of hydrogen-bond donors (Lipinski definition) is 1. The molecule has 0 unspecified atom stereocenters. The van der Waals surface area contributed by atoms with Crippen molar-refractivity contribution in [2.45, 2.75) is 13.2 Å². The molecule has 0 spiro atoms.